The minimum absolute atomic E-state index is 0.0292. The summed E-state index contributed by atoms with van der Waals surface area (Å²) in [6, 6.07) is 0.461. The highest BCUT2D eigenvalue weighted by Gasteiger charge is 2.40. The fourth-order valence-corrected chi connectivity index (χ4v) is 3.02. The van der Waals surface area contributed by atoms with Crippen molar-refractivity contribution in [1.29, 1.82) is 0 Å². The fourth-order valence-electron chi connectivity index (χ4n) is 3.02. The number of carboxylic acid groups (broad SMARTS) is 1. The normalized spacial score (nSPS) is 36.7. The third-order valence-corrected chi connectivity index (χ3v) is 4.02. The molecule has 2 saturated heterocycles. The van der Waals surface area contributed by atoms with Crippen LogP contribution < -0.4 is 0 Å². The lowest BCUT2D eigenvalue weighted by molar-refractivity contribution is -0.157. The van der Waals surface area contributed by atoms with E-state index in [1.165, 1.54) is 0 Å². The minimum atomic E-state index is -0.968. The molecule has 5 heteroatoms. The molecule has 4 atom stereocenters. The Balaban J connectivity index is 2.01. The van der Waals surface area contributed by atoms with Crippen LogP contribution in [0.2, 0.25) is 0 Å². The highest BCUT2D eigenvalue weighted by Crippen LogP contribution is 2.28. The summed E-state index contributed by atoms with van der Waals surface area (Å²) in [5, 5.41) is 8.88. The van der Waals surface area contributed by atoms with Gasteiger partial charge < -0.3 is 14.7 Å². The van der Waals surface area contributed by atoms with Gasteiger partial charge in [-0.3, -0.25) is 4.79 Å². The Morgan fingerprint density at radius 2 is 1.61 bits per heavy atom. The minimum Gasteiger partial charge on any atom is -0.479 e. The molecule has 0 spiro atoms. The van der Waals surface area contributed by atoms with Crippen molar-refractivity contribution < 1.29 is 19.4 Å². The molecule has 1 amide bonds. The zero-order valence-electron chi connectivity index (χ0n) is 11.0. The first-order valence-corrected chi connectivity index (χ1v) is 6.71. The van der Waals surface area contributed by atoms with E-state index in [4.69, 9.17) is 9.84 Å². The molecule has 0 aromatic rings. The van der Waals surface area contributed by atoms with Gasteiger partial charge in [0.2, 0.25) is 0 Å². The van der Waals surface area contributed by atoms with Crippen LogP contribution >= 0.6 is 0 Å². The van der Waals surface area contributed by atoms with Gasteiger partial charge in [0.05, 0.1) is 0 Å². The molecule has 18 heavy (non-hydrogen) atoms. The lowest BCUT2D eigenvalue weighted by Crippen LogP contribution is -2.51. The molecule has 2 unspecified atom stereocenters. The number of ether oxygens (including phenoxy) is 1. The lowest BCUT2D eigenvalue weighted by atomic mass is 9.96. The smallest absolute Gasteiger partial charge is 0.332 e. The predicted molar refractivity (Wildman–Crippen MR) is 65.2 cm³/mol. The number of rotatable bonds is 2. The predicted octanol–water partition coefficient (Wildman–Crippen LogP) is 1.41. The van der Waals surface area contributed by atoms with Gasteiger partial charge in [-0.1, -0.05) is 0 Å². The number of likely N-dealkylation sites (tertiary alicyclic amines) is 1. The van der Waals surface area contributed by atoms with Crippen LogP contribution in [0.1, 0.15) is 46.0 Å². The summed E-state index contributed by atoms with van der Waals surface area (Å²) in [6.07, 6.45) is 2.77. The van der Waals surface area contributed by atoms with Gasteiger partial charge in [0, 0.05) is 12.1 Å². The second-order valence-corrected chi connectivity index (χ2v) is 5.40. The van der Waals surface area contributed by atoms with Crippen molar-refractivity contribution in [1.82, 2.24) is 4.90 Å². The maximum absolute atomic E-state index is 12.4. The number of hydrogen-bond acceptors (Lipinski definition) is 3. The number of piperidine rings is 1. The molecule has 5 nitrogen and oxygen atoms in total. The molecular formula is C13H21NO4. The Bertz CT molecular complexity index is 334. The fraction of sp³-hybridized carbons (Fsp3) is 0.846. The molecule has 1 N–H and O–H groups in total. The van der Waals surface area contributed by atoms with E-state index in [0.29, 0.717) is 12.8 Å². The summed E-state index contributed by atoms with van der Waals surface area (Å²) in [5.74, 6) is -0.997. The van der Waals surface area contributed by atoms with E-state index in [2.05, 4.69) is 13.8 Å². The highest BCUT2D eigenvalue weighted by molar-refractivity contribution is 5.83. The SMILES string of the molecule is CC1CCCC(C)N1C(=O)[C@@H]1CC[C@H](C(=O)O)O1. The van der Waals surface area contributed by atoms with Gasteiger partial charge >= 0.3 is 5.97 Å². The number of hydrogen-bond donors (Lipinski definition) is 1. The Morgan fingerprint density at radius 1 is 1.06 bits per heavy atom. The van der Waals surface area contributed by atoms with Crippen LogP contribution in [0.3, 0.4) is 0 Å². The summed E-state index contributed by atoms with van der Waals surface area (Å²) < 4.78 is 5.34. The summed E-state index contributed by atoms with van der Waals surface area (Å²) in [6.45, 7) is 4.11. The van der Waals surface area contributed by atoms with Crippen molar-refractivity contribution in [2.45, 2.75) is 70.2 Å². The first-order valence-electron chi connectivity index (χ1n) is 6.71. The molecule has 2 heterocycles. The molecule has 2 aliphatic rings. The molecule has 0 bridgehead atoms. The van der Waals surface area contributed by atoms with Gasteiger partial charge in [-0.2, -0.15) is 0 Å². The molecule has 0 saturated carbocycles. The van der Waals surface area contributed by atoms with Crippen LogP contribution in [-0.4, -0.2) is 46.2 Å². The van der Waals surface area contributed by atoms with Crippen LogP contribution in [0, 0.1) is 0 Å². The van der Waals surface area contributed by atoms with Gasteiger partial charge in [-0.25, -0.2) is 4.79 Å². The Hall–Kier alpha value is -1.10. The number of carbonyl (C=O) groups is 2. The number of carbonyl (C=O) groups excluding carboxylic acids is 1. The summed E-state index contributed by atoms with van der Waals surface area (Å²) >= 11 is 0. The molecule has 0 aromatic carbocycles. The van der Waals surface area contributed by atoms with E-state index < -0.39 is 18.2 Å². The molecule has 0 aromatic heterocycles. The van der Waals surface area contributed by atoms with Gasteiger partial charge in [0.15, 0.2) is 6.10 Å². The monoisotopic (exact) mass is 255 g/mol. The first-order chi connectivity index (χ1) is 8.50. The molecule has 102 valence electrons. The van der Waals surface area contributed by atoms with E-state index in [0.717, 1.165) is 19.3 Å². The molecule has 2 fully saturated rings. The largest absolute Gasteiger partial charge is 0.479 e. The van der Waals surface area contributed by atoms with Crippen LogP contribution in [-0.2, 0) is 14.3 Å². The molecule has 2 rings (SSSR count). The highest BCUT2D eigenvalue weighted by atomic mass is 16.5. The van der Waals surface area contributed by atoms with Gasteiger partial charge in [0.25, 0.3) is 5.91 Å². The lowest BCUT2D eigenvalue weighted by Gasteiger charge is -2.40. The third-order valence-electron chi connectivity index (χ3n) is 4.02. The standard InChI is InChI=1S/C13H21NO4/c1-8-4-3-5-9(2)14(8)12(15)10-6-7-11(18-10)13(16)17/h8-11H,3-7H2,1-2H3,(H,16,17)/t8?,9?,10-,11+/m0/s1. The Morgan fingerprint density at radius 3 is 2.11 bits per heavy atom. The zero-order chi connectivity index (χ0) is 13.3. The molecule has 0 aliphatic carbocycles. The summed E-state index contributed by atoms with van der Waals surface area (Å²) in [7, 11) is 0. The molecular weight excluding hydrogens is 234 g/mol. The van der Waals surface area contributed by atoms with Crippen LogP contribution in [0.4, 0.5) is 0 Å². The van der Waals surface area contributed by atoms with Crippen molar-refractivity contribution >= 4 is 11.9 Å². The maximum atomic E-state index is 12.4. The van der Waals surface area contributed by atoms with E-state index >= 15 is 0 Å². The average molecular weight is 255 g/mol. The van der Waals surface area contributed by atoms with E-state index in [9.17, 15) is 9.59 Å². The van der Waals surface area contributed by atoms with Crippen molar-refractivity contribution in [3.8, 4) is 0 Å². The first kappa shape index (κ1) is 13.3. The number of carboxylic acids is 1. The topological polar surface area (TPSA) is 66.8 Å². The quantitative estimate of drug-likeness (QED) is 0.810. The maximum Gasteiger partial charge on any atom is 0.332 e. The van der Waals surface area contributed by atoms with Gasteiger partial charge in [-0.05, 0) is 46.0 Å². The van der Waals surface area contributed by atoms with E-state index in [1.807, 2.05) is 4.90 Å². The zero-order valence-corrected chi connectivity index (χ0v) is 11.0. The Labute approximate surface area is 107 Å². The van der Waals surface area contributed by atoms with E-state index in [1.54, 1.807) is 0 Å². The number of amides is 1. The van der Waals surface area contributed by atoms with Crippen molar-refractivity contribution in [3.05, 3.63) is 0 Å². The van der Waals surface area contributed by atoms with Crippen molar-refractivity contribution in [2.24, 2.45) is 0 Å². The number of aliphatic carboxylic acids is 1. The second kappa shape index (κ2) is 5.26. The number of nitrogens with zero attached hydrogens (tertiary/aromatic N) is 1. The molecule has 2 aliphatic heterocycles. The third kappa shape index (κ3) is 2.51. The second-order valence-electron chi connectivity index (χ2n) is 5.40. The van der Waals surface area contributed by atoms with Crippen LogP contribution in [0.5, 0.6) is 0 Å². The van der Waals surface area contributed by atoms with Crippen LogP contribution in [0.15, 0.2) is 0 Å². The van der Waals surface area contributed by atoms with Gasteiger partial charge in [-0.15, -0.1) is 0 Å². The van der Waals surface area contributed by atoms with Crippen molar-refractivity contribution in [3.63, 3.8) is 0 Å². The summed E-state index contributed by atoms with van der Waals surface area (Å²) in [5.41, 5.74) is 0. The van der Waals surface area contributed by atoms with E-state index in [-0.39, 0.29) is 18.0 Å². The Kier molecular flexibility index (Phi) is 3.90. The average Bonchev–Trinajstić information content (AvgIpc) is 2.77. The van der Waals surface area contributed by atoms with Gasteiger partial charge in [0.1, 0.15) is 6.10 Å². The van der Waals surface area contributed by atoms with Crippen LogP contribution in [0.25, 0.3) is 0 Å². The summed E-state index contributed by atoms with van der Waals surface area (Å²) in [4.78, 5) is 25.1. The van der Waals surface area contributed by atoms with Crippen molar-refractivity contribution in [2.75, 3.05) is 0 Å². The molecule has 0 radical (unpaired) electrons.